The van der Waals surface area contributed by atoms with Gasteiger partial charge in [0.05, 0.1) is 25.3 Å². The molecule has 4 aliphatic rings. The number of hydrogen-bond acceptors (Lipinski definition) is 6. The zero-order chi connectivity index (χ0) is 23.3. The van der Waals surface area contributed by atoms with Gasteiger partial charge in [-0.05, 0) is 24.1 Å². The molecule has 3 heterocycles. The molecule has 3 aliphatic heterocycles. The van der Waals surface area contributed by atoms with Gasteiger partial charge in [-0.15, -0.1) is 5.06 Å². The van der Waals surface area contributed by atoms with Crippen molar-refractivity contribution in [2.24, 2.45) is 5.92 Å². The number of methoxy groups -OCH3 is 1. The fourth-order valence-corrected chi connectivity index (χ4v) is 4.79. The van der Waals surface area contributed by atoms with Crippen LogP contribution in [0.3, 0.4) is 0 Å². The summed E-state index contributed by atoms with van der Waals surface area (Å²) >= 11 is 0. The minimum absolute atomic E-state index is 0.0357. The van der Waals surface area contributed by atoms with Crippen LogP contribution in [0, 0.1) is 11.7 Å². The van der Waals surface area contributed by atoms with Gasteiger partial charge in [0.1, 0.15) is 0 Å². The monoisotopic (exact) mass is 454 g/mol. The lowest BCUT2D eigenvalue weighted by Crippen LogP contribution is -2.57. The molecule has 1 aromatic carbocycles. The van der Waals surface area contributed by atoms with Crippen LogP contribution in [0.5, 0.6) is 5.75 Å². The Kier molecular flexibility index (Phi) is 4.97. The molecule has 0 saturated carbocycles. The van der Waals surface area contributed by atoms with Crippen molar-refractivity contribution in [1.82, 2.24) is 20.6 Å². The van der Waals surface area contributed by atoms with E-state index in [1.54, 1.807) is 24.3 Å². The van der Waals surface area contributed by atoms with Gasteiger partial charge in [0.2, 0.25) is 0 Å². The molecule has 1 aromatic rings. The van der Waals surface area contributed by atoms with Crippen LogP contribution in [0.15, 0.2) is 48.3 Å². The first-order valence-corrected chi connectivity index (χ1v) is 10.6. The van der Waals surface area contributed by atoms with Crippen LogP contribution in [-0.2, 0) is 16.2 Å². The first-order chi connectivity index (χ1) is 15.8. The number of halogens is 1. The molecule has 0 radical (unpaired) electrons. The van der Waals surface area contributed by atoms with Gasteiger partial charge >= 0.3 is 6.03 Å². The summed E-state index contributed by atoms with van der Waals surface area (Å²) in [5, 5.41) is 6.53. The fourth-order valence-electron chi connectivity index (χ4n) is 4.79. The van der Waals surface area contributed by atoms with Crippen LogP contribution in [0.25, 0.3) is 0 Å². The second-order valence-corrected chi connectivity index (χ2v) is 8.46. The van der Waals surface area contributed by atoms with Crippen LogP contribution >= 0.6 is 0 Å². The number of benzene rings is 1. The molecule has 0 spiro atoms. The Hall–Kier alpha value is -3.66. The molecule has 172 valence electrons. The summed E-state index contributed by atoms with van der Waals surface area (Å²) in [5.41, 5.74) is -1.25. The summed E-state index contributed by atoms with van der Waals surface area (Å²) in [6.45, 7) is -0.130. The van der Waals surface area contributed by atoms with E-state index in [9.17, 15) is 18.8 Å². The van der Waals surface area contributed by atoms with Gasteiger partial charge in [-0.3, -0.25) is 14.9 Å². The normalized spacial score (nSPS) is 28.5. The number of fused-ring (bicyclic) bond motifs is 1. The zero-order valence-corrected chi connectivity index (χ0v) is 18.1. The van der Waals surface area contributed by atoms with Crippen molar-refractivity contribution in [2.45, 2.75) is 24.5 Å². The lowest BCUT2D eigenvalue weighted by atomic mass is 9.89. The first-order valence-electron chi connectivity index (χ1n) is 10.6. The Morgan fingerprint density at radius 3 is 2.76 bits per heavy atom. The number of likely N-dealkylation sites (N-methyl/N-ethyl adjacent to an activating group) is 1. The van der Waals surface area contributed by atoms with E-state index in [-0.39, 0.29) is 42.1 Å². The van der Waals surface area contributed by atoms with E-state index in [2.05, 4.69) is 16.7 Å². The highest BCUT2D eigenvalue weighted by Crippen LogP contribution is 2.37. The predicted octanol–water partition coefficient (Wildman–Crippen LogP) is 1.63. The molecular formula is C23H23FN4O5. The number of nitrogens with zero attached hydrogens (tertiary/aromatic N) is 2. The number of allylic oxidation sites excluding steroid dienone is 3. The summed E-state index contributed by atoms with van der Waals surface area (Å²) in [4.78, 5) is 45.6. The molecule has 1 fully saturated rings. The van der Waals surface area contributed by atoms with E-state index in [0.717, 1.165) is 6.42 Å². The molecule has 3 unspecified atom stereocenters. The number of hydroxylamine groups is 2. The van der Waals surface area contributed by atoms with Crippen molar-refractivity contribution < 1.29 is 28.3 Å². The van der Waals surface area contributed by atoms with E-state index in [1.165, 1.54) is 18.1 Å². The summed E-state index contributed by atoms with van der Waals surface area (Å²) in [5.74, 6) is -1.65. The number of amides is 4. The van der Waals surface area contributed by atoms with Gasteiger partial charge in [-0.25, -0.2) is 9.18 Å². The van der Waals surface area contributed by atoms with Gasteiger partial charge in [-0.1, -0.05) is 30.4 Å². The first kappa shape index (κ1) is 21.2. The van der Waals surface area contributed by atoms with Gasteiger partial charge in [-0.2, -0.15) is 0 Å². The van der Waals surface area contributed by atoms with E-state index >= 15 is 0 Å². The fraction of sp³-hybridized carbons (Fsp3) is 0.348. The third kappa shape index (κ3) is 3.29. The second kappa shape index (κ2) is 7.73. The molecule has 0 bridgehead atoms. The number of imide groups is 1. The molecule has 10 heteroatoms. The standard InChI is InChI=1S/C23H23FN4O5/c1-27-15(13-6-4-3-5-7-13)10-17(33-27)23(21(30)25-22(31)26-23)12-28-11-14-8-9-16(32-2)19(24)18(14)20(28)29/h3-6,8-10,13,15H,7,11-12H2,1-2H3,(H2,25,26,30,31). The lowest BCUT2D eigenvalue weighted by molar-refractivity contribution is -0.134. The van der Waals surface area contributed by atoms with E-state index in [0.29, 0.717) is 5.56 Å². The minimum atomic E-state index is -1.63. The summed E-state index contributed by atoms with van der Waals surface area (Å²) < 4.78 is 19.8. The maximum Gasteiger partial charge on any atom is 0.322 e. The Balaban J connectivity index is 1.47. The minimum Gasteiger partial charge on any atom is -0.494 e. The molecule has 9 nitrogen and oxygen atoms in total. The Morgan fingerprint density at radius 1 is 1.27 bits per heavy atom. The van der Waals surface area contributed by atoms with Gasteiger partial charge in [0, 0.05) is 19.5 Å². The third-order valence-electron chi connectivity index (χ3n) is 6.50. The molecule has 4 amide bonds. The van der Waals surface area contributed by atoms with E-state index < -0.39 is 29.2 Å². The maximum atomic E-state index is 14.8. The van der Waals surface area contributed by atoms with Crippen molar-refractivity contribution >= 4 is 17.8 Å². The largest absolute Gasteiger partial charge is 0.494 e. The molecule has 0 aromatic heterocycles. The highest BCUT2D eigenvalue weighted by Gasteiger charge is 2.56. The molecule has 2 N–H and O–H groups in total. The van der Waals surface area contributed by atoms with Crippen LogP contribution in [-0.4, -0.2) is 60.1 Å². The maximum absolute atomic E-state index is 14.8. The van der Waals surface area contributed by atoms with Gasteiger partial charge < -0.3 is 19.8 Å². The smallest absolute Gasteiger partial charge is 0.322 e. The highest BCUT2D eigenvalue weighted by molar-refractivity contribution is 6.09. The third-order valence-corrected chi connectivity index (χ3v) is 6.50. The average molecular weight is 454 g/mol. The number of rotatable bonds is 5. The molecule has 1 aliphatic carbocycles. The van der Waals surface area contributed by atoms with Crippen LogP contribution in [0.2, 0.25) is 0 Å². The van der Waals surface area contributed by atoms with Crippen molar-refractivity contribution in [3.63, 3.8) is 0 Å². The van der Waals surface area contributed by atoms with Crippen LogP contribution in [0.4, 0.5) is 9.18 Å². The summed E-state index contributed by atoms with van der Waals surface area (Å²) in [6.07, 6.45) is 10.6. The number of carbonyl (C=O) groups is 3. The van der Waals surface area contributed by atoms with Crippen molar-refractivity contribution in [1.29, 1.82) is 0 Å². The van der Waals surface area contributed by atoms with E-state index in [1.807, 2.05) is 18.2 Å². The van der Waals surface area contributed by atoms with Crippen molar-refractivity contribution in [2.75, 3.05) is 20.7 Å². The van der Waals surface area contributed by atoms with Gasteiger partial charge in [0.25, 0.3) is 11.8 Å². The second-order valence-electron chi connectivity index (χ2n) is 8.46. The molecule has 5 rings (SSSR count). The quantitative estimate of drug-likeness (QED) is 0.656. The number of carbonyl (C=O) groups excluding carboxylic acids is 3. The number of nitrogens with one attached hydrogen (secondary N) is 2. The van der Waals surface area contributed by atoms with Crippen LogP contribution < -0.4 is 15.4 Å². The Morgan fingerprint density at radius 2 is 2.09 bits per heavy atom. The molecule has 3 atom stereocenters. The predicted molar refractivity (Wildman–Crippen MR) is 114 cm³/mol. The number of hydrogen-bond donors (Lipinski definition) is 2. The highest BCUT2D eigenvalue weighted by atomic mass is 19.1. The SMILES string of the molecule is COc1ccc2c(c1F)C(=O)N(CC1(C3=CC(C4C=CC=CC4)N(C)O3)NC(=O)NC1=O)C2. The molecule has 33 heavy (non-hydrogen) atoms. The number of urea groups is 1. The topological polar surface area (TPSA) is 100 Å². The zero-order valence-electron chi connectivity index (χ0n) is 18.1. The van der Waals surface area contributed by atoms with Crippen LogP contribution in [0.1, 0.15) is 22.3 Å². The lowest BCUT2D eigenvalue weighted by Gasteiger charge is -2.31. The number of ether oxygens (including phenoxy) is 1. The van der Waals surface area contributed by atoms with Gasteiger partial charge in [0.15, 0.2) is 22.9 Å². The molecule has 1 saturated heterocycles. The summed E-state index contributed by atoms with van der Waals surface area (Å²) in [7, 11) is 3.07. The summed E-state index contributed by atoms with van der Waals surface area (Å²) in [6, 6.07) is 2.22. The molecular weight excluding hydrogens is 431 g/mol. The Labute approximate surface area is 189 Å². The van der Waals surface area contributed by atoms with Crippen molar-refractivity contribution in [3.8, 4) is 5.75 Å². The van der Waals surface area contributed by atoms with E-state index in [4.69, 9.17) is 9.57 Å². The average Bonchev–Trinajstić information content (AvgIpc) is 3.43. The van der Waals surface area contributed by atoms with Crippen molar-refractivity contribution in [3.05, 3.63) is 65.2 Å². The Bertz CT molecular complexity index is 1150.